The molecule has 0 unspecified atom stereocenters. The molecule has 0 aliphatic rings. The molecule has 102 valence electrons. The van der Waals surface area contributed by atoms with E-state index in [0.29, 0.717) is 0 Å². The van der Waals surface area contributed by atoms with Gasteiger partial charge in [0, 0.05) is 21.4 Å². The van der Waals surface area contributed by atoms with Crippen LogP contribution < -0.4 is 4.74 Å². The Labute approximate surface area is 121 Å². The van der Waals surface area contributed by atoms with Crippen molar-refractivity contribution in [1.29, 1.82) is 0 Å². The van der Waals surface area contributed by atoms with E-state index in [0.717, 1.165) is 17.1 Å². The summed E-state index contributed by atoms with van der Waals surface area (Å²) in [5, 5.41) is 0. The van der Waals surface area contributed by atoms with Crippen LogP contribution in [-0.2, 0) is 8.26 Å². The summed E-state index contributed by atoms with van der Waals surface area (Å²) in [5.74, 6) is 1.79. The van der Waals surface area contributed by atoms with E-state index in [1.165, 1.54) is 0 Å². The molecule has 0 radical (unpaired) electrons. The van der Waals surface area contributed by atoms with Crippen molar-refractivity contribution >= 4 is 29.6 Å². The fourth-order valence-electron chi connectivity index (χ4n) is 1.29. The van der Waals surface area contributed by atoms with Crippen molar-refractivity contribution in [3.8, 4) is 11.5 Å². The van der Waals surface area contributed by atoms with Gasteiger partial charge in [0.1, 0.15) is 11.5 Å². The maximum Gasteiger partial charge on any atom is 0.317 e. The fraction of sp³-hybridized carbons (Fsp3) is 0.0769. The minimum absolute atomic E-state index is 0.877. The minimum atomic E-state index is -3.72. The van der Waals surface area contributed by atoms with E-state index in [9.17, 15) is 0 Å². The zero-order valence-electron chi connectivity index (χ0n) is 10.1. The molecule has 19 heavy (non-hydrogen) atoms. The van der Waals surface area contributed by atoms with Crippen molar-refractivity contribution in [3.05, 3.63) is 60.2 Å². The molecule has 0 aliphatic carbocycles. The molecular formula is C13H12Cl2O3S. The van der Waals surface area contributed by atoms with Crippen LogP contribution in [0.15, 0.2) is 54.6 Å². The summed E-state index contributed by atoms with van der Waals surface area (Å²) < 4.78 is 24.0. The Morgan fingerprint density at radius 3 is 1.89 bits per heavy atom. The predicted octanol–water partition coefficient (Wildman–Crippen LogP) is 4.50. The Morgan fingerprint density at radius 1 is 0.895 bits per heavy atom. The lowest BCUT2D eigenvalue weighted by Crippen LogP contribution is -1.85. The molecule has 0 saturated carbocycles. The molecule has 2 aromatic carbocycles. The third-order valence-corrected chi connectivity index (χ3v) is 2.06. The molecule has 0 aliphatic heterocycles. The predicted molar refractivity (Wildman–Crippen MR) is 78.3 cm³/mol. The number of para-hydroxylation sites is 2. The number of halogens is 2. The summed E-state index contributed by atoms with van der Waals surface area (Å²) in [6, 6.07) is 17.8. The normalized spacial score (nSPS) is 10.3. The highest BCUT2D eigenvalue weighted by molar-refractivity contribution is 8.31. The van der Waals surface area contributed by atoms with Gasteiger partial charge in [-0.05, 0) is 30.7 Å². The van der Waals surface area contributed by atoms with Crippen LogP contribution in [0.4, 0.5) is 0 Å². The number of benzene rings is 2. The topological polar surface area (TPSA) is 43.4 Å². The van der Waals surface area contributed by atoms with Crippen LogP contribution in [0.25, 0.3) is 0 Å². The molecule has 0 bridgehead atoms. The summed E-state index contributed by atoms with van der Waals surface area (Å²) >= 11 is 0. The Balaban J connectivity index is 0.000000312. The van der Waals surface area contributed by atoms with E-state index < -0.39 is 8.26 Å². The Bertz CT molecular complexity index is 605. The van der Waals surface area contributed by atoms with Crippen LogP contribution in [0.5, 0.6) is 11.5 Å². The lowest BCUT2D eigenvalue weighted by Gasteiger charge is -2.07. The van der Waals surface area contributed by atoms with Crippen molar-refractivity contribution in [3.63, 3.8) is 0 Å². The molecule has 0 atom stereocenters. The summed E-state index contributed by atoms with van der Waals surface area (Å²) in [6.07, 6.45) is 0. The van der Waals surface area contributed by atoms with Gasteiger partial charge in [-0.15, -0.1) is 0 Å². The molecule has 0 amide bonds. The highest BCUT2D eigenvalue weighted by atomic mass is 36.0. The minimum Gasteiger partial charge on any atom is -0.457 e. The summed E-state index contributed by atoms with van der Waals surface area (Å²) in [4.78, 5) is 0. The maximum atomic E-state index is 9.16. The van der Waals surface area contributed by atoms with Crippen LogP contribution in [0, 0.1) is 6.92 Å². The molecule has 0 fully saturated rings. The third kappa shape index (κ3) is 7.72. The van der Waals surface area contributed by atoms with Crippen LogP contribution in [0.2, 0.25) is 0 Å². The van der Waals surface area contributed by atoms with Gasteiger partial charge in [-0.1, -0.05) is 36.4 Å². The quantitative estimate of drug-likeness (QED) is 0.766. The average molecular weight is 319 g/mol. The fourth-order valence-corrected chi connectivity index (χ4v) is 1.29. The molecular weight excluding hydrogens is 307 g/mol. The largest absolute Gasteiger partial charge is 0.457 e. The summed E-state index contributed by atoms with van der Waals surface area (Å²) in [5.41, 5.74) is 1.15. The van der Waals surface area contributed by atoms with Gasteiger partial charge in [-0.3, -0.25) is 0 Å². The second kappa shape index (κ2) is 7.38. The maximum absolute atomic E-state index is 9.16. The molecule has 0 heterocycles. The van der Waals surface area contributed by atoms with Crippen LogP contribution in [-0.4, -0.2) is 8.42 Å². The van der Waals surface area contributed by atoms with E-state index in [4.69, 9.17) is 13.2 Å². The SMILES string of the molecule is Cc1ccccc1Oc1ccccc1.O=S(=O)(Cl)Cl. The number of hydrogen-bond acceptors (Lipinski definition) is 3. The second-order valence-corrected chi connectivity index (χ2v) is 7.23. The number of ether oxygens (including phenoxy) is 1. The van der Waals surface area contributed by atoms with E-state index in [2.05, 4.69) is 21.4 Å². The molecule has 0 N–H and O–H groups in total. The Hall–Kier alpha value is -1.23. The average Bonchev–Trinajstić information content (AvgIpc) is 2.31. The first kappa shape index (κ1) is 15.8. The van der Waals surface area contributed by atoms with Crippen molar-refractivity contribution in [2.24, 2.45) is 0 Å². The van der Waals surface area contributed by atoms with Gasteiger partial charge in [0.2, 0.25) is 0 Å². The van der Waals surface area contributed by atoms with Crippen LogP contribution >= 0.6 is 21.4 Å². The van der Waals surface area contributed by atoms with Gasteiger partial charge in [0.25, 0.3) is 0 Å². The van der Waals surface area contributed by atoms with Gasteiger partial charge in [0.15, 0.2) is 0 Å². The summed E-state index contributed by atoms with van der Waals surface area (Å²) in [6.45, 7) is 2.04. The second-order valence-electron chi connectivity index (χ2n) is 3.56. The number of hydrogen-bond donors (Lipinski definition) is 0. The lowest BCUT2D eigenvalue weighted by molar-refractivity contribution is 0.479. The smallest absolute Gasteiger partial charge is 0.317 e. The van der Waals surface area contributed by atoms with Crippen molar-refractivity contribution in [1.82, 2.24) is 0 Å². The highest BCUT2D eigenvalue weighted by Crippen LogP contribution is 2.23. The number of rotatable bonds is 2. The first-order chi connectivity index (χ1) is 8.86. The van der Waals surface area contributed by atoms with Crippen molar-refractivity contribution < 1.29 is 13.2 Å². The molecule has 0 aromatic heterocycles. The summed E-state index contributed by atoms with van der Waals surface area (Å²) in [7, 11) is 4.81. The number of aryl methyl sites for hydroxylation is 1. The third-order valence-electron chi connectivity index (χ3n) is 2.06. The van der Waals surface area contributed by atoms with E-state index >= 15 is 0 Å². The van der Waals surface area contributed by atoms with Crippen LogP contribution in [0.3, 0.4) is 0 Å². The van der Waals surface area contributed by atoms with Gasteiger partial charge >= 0.3 is 8.26 Å². The molecule has 0 saturated heterocycles. The molecule has 6 heteroatoms. The zero-order chi connectivity index (χ0) is 14.3. The molecule has 2 rings (SSSR count). The van der Waals surface area contributed by atoms with Gasteiger partial charge in [-0.25, -0.2) is 0 Å². The van der Waals surface area contributed by atoms with Crippen molar-refractivity contribution in [2.75, 3.05) is 0 Å². The molecule has 2 aromatic rings. The highest BCUT2D eigenvalue weighted by Gasteiger charge is 1.98. The Morgan fingerprint density at radius 2 is 1.37 bits per heavy atom. The van der Waals surface area contributed by atoms with E-state index in [1.54, 1.807) is 0 Å². The first-order valence-electron chi connectivity index (χ1n) is 5.29. The molecule has 3 nitrogen and oxygen atoms in total. The monoisotopic (exact) mass is 318 g/mol. The molecule has 0 spiro atoms. The zero-order valence-corrected chi connectivity index (χ0v) is 12.4. The van der Waals surface area contributed by atoms with Crippen LogP contribution in [0.1, 0.15) is 5.56 Å². The standard InChI is InChI=1S/C13H12O.Cl2O2S/c1-11-7-5-6-10-13(11)14-12-8-3-2-4-9-12;1-5(2,3)4/h2-10H,1H3;. The van der Waals surface area contributed by atoms with E-state index in [1.807, 2.05) is 61.5 Å². The first-order valence-corrected chi connectivity index (χ1v) is 8.42. The van der Waals surface area contributed by atoms with E-state index in [-0.39, 0.29) is 0 Å². The van der Waals surface area contributed by atoms with Gasteiger partial charge in [0.05, 0.1) is 0 Å². The van der Waals surface area contributed by atoms with Gasteiger partial charge in [-0.2, -0.15) is 8.42 Å². The lowest BCUT2D eigenvalue weighted by atomic mass is 10.2. The Kier molecular flexibility index (Phi) is 6.15. The van der Waals surface area contributed by atoms with Gasteiger partial charge < -0.3 is 4.74 Å². The van der Waals surface area contributed by atoms with Crippen molar-refractivity contribution in [2.45, 2.75) is 6.92 Å².